The number of carbonyl (C=O) groups excluding carboxylic acids is 2. The molecule has 2 heterocycles. The molecular formula is C10H7NO4S. The summed E-state index contributed by atoms with van der Waals surface area (Å²) in [5.74, 6) is -1.90. The Kier molecular flexibility index (Phi) is 2.35. The monoisotopic (exact) mass is 237 g/mol. The van der Waals surface area contributed by atoms with Gasteiger partial charge >= 0.3 is 5.97 Å². The van der Waals surface area contributed by atoms with Crippen LogP contribution in [0.2, 0.25) is 0 Å². The van der Waals surface area contributed by atoms with Gasteiger partial charge in [-0.1, -0.05) is 0 Å². The number of hydrogen-bond donors (Lipinski definition) is 1. The number of imide groups is 1. The maximum absolute atomic E-state index is 11.6. The number of carboxylic acid groups (broad SMARTS) is 1. The molecule has 1 aromatic heterocycles. The van der Waals surface area contributed by atoms with E-state index in [1.165, 1.54) is 18.2 Å². The van der Waals surface area contributed by atoms with E-state index in [0.29, 0.717) is 10.6 Å². The first-order valence-electron chi connectivity index (χ1n) is 4.40. The number of aromatic carboxylic acids is 1. The van der Waals surface area contributed by atoms with Gasteiger partial charge in [0.15, 0.2) is 0 Å². The lowest BCUT2D eigenvalue weighted by Gasteiger charge is -2.10. The summed E-state index contributed by atoms with van der Waals surface area (Å²) in [5, 5.41) is 9.07. The van der Waals surface area contributed by atoms with E-state index in [-0.39, 0.29) is 4.88 Å². The SMILES string of the molecule is CC1=CC(=O)N(c2ccc(C(=O)O)s2)C1=O. The first-order chi connectivity index (χ1) is 7.50. The molecule has 1 aliphatic heterocycles. The summed E-state index contributed by atoms with van der Waals surface area (Å²) in [6, 6.07) is 2.83. The molecule has 6 heteroatoms. The smallest absolute Gasteiger partial charge is 0.345 e. The van der Waals surface area contributed by atoms with Crippen LogP contribution in [0.4, 0.5) is 5.00 Å². The van der Waals surface area contributed by atoms with E-state index in [1.54, 1.807) is 6.92 Å². The maximum atomic E-state index is 11.6. The second kappa shape index (κ2) is 3.57. The fourth-order valence-corrected chi connectivity index (χ4v) is 2.21. The Morgan fingerprint density at radius 2 is 2.06 bits per heavy atom. The summed E-state index contributed by atoms with van der Waals surface area (Å²) >= 11 is 0.899. The van der Waals surface area contributed by atoms with Gasteiger partial charge in [-0.15, -0.1) is 11.3 Å². The van der Waals surface area contributed by atoms with Crippen molar-refractivity contribution in [1.29, 1.82) is 0 Å². The molecule has 0 spiro atoms. The van der Waals surface area contributed by atoms with E-state index >= 15 is 0 Å². The minimum atomic E-state index is -1.07. The van der Waals surface area contributed by atoms with Crippen molar-refractivity contribution in [2.75, 3.05) is 4.90 Å². The minimum Gasteiger partial charge on any atom is -0.477 e. The Balaban J connectivity index is 2.36. The van der Waals surface area contributed by atoms with Crippen LogP contribution in [0.15, 0.2) is 23.8 Å². The summed E-state index contributed by atoms with van der Waals surface area (Å²) in [6.45, 7) is 1.55. The van der Waals surface area contributed by atoms with Gasteiger partial charge in [-0.3, -0.25) is 9.59 Å². The van der Waals surface area contributed by atoms with Crippen LogP contribution in [-0.4, -0.2) is 22.9 Å². The fourth-order valence-electron chi connectivity index (χ4n) is 1.36. The highest BCUT2D eigenvalue weighted by molar-refractivity contribution is 7.18. The Hall–Kier alpha value is -1.95. The molecule has 16 heavy (non-hydrogen) atoms. The lowest BCUT2D eigenvalue weighted by Crippen LogP contribution is -2.29. The van der Waals surface area contributed by atoms with Crippen molar-refractivity contribution in [3.63, 3.8) is 0 Å². The van der Waals surface area contributed by atoms with Gasteiger partial charge in [-0.05, 0) is 19.1 Å². The number of carboxylic acids is 1. The molecule has 0 atom stereocenters. The van der Waals surface area contributed by atoms with E-state index in [1.807, 2.05) is 0 Å². The number of nitrogens with zero attached hydrogens (tertiary/aromatic N) is 1. The predicted molar refractivity (Wildman–Crippen MR) is 57.5 cm³/mol. The average molecular weight is 237 g/mol. The minimum absolute atomic E-state index is 0.0974. The number of thiophene rings is 1. The molecule has 2 rings (SSSR count). The normalized spacial score (nSPS) is 15.6. The van der Waals surface area contributed by atoms with Crippen molar-refractivity contribution in [1.82, 2.24) is 0 Å². The van der Waals surface area contributed by atoms with Crippen LogP contribution in [0.5, 0.6) is 0 Å². The highest BCUT2D eigenvalue weighted by Gasteiger charge is 2.31. The molecule has 0 bridgehead atoms. The molecular weight excluding hydrogens is 230 g/mol. The molecule has 0 unspecified atom stereocenters. The lowest BCUT2D eigenvalue weighted by atomic mass is 10.3. The zero-order valence-electron chi connectivity index (χ0n) is 8.26. The number of amides is 2. The second-order valence-electron chi connectivity index (χ2n) is 3.25. The average Bonchev–Trinajstić information content (AvgIpc) is 2.74. The van der Waals surface area contributed by atoms with Crippen LogP contribution < -0.4 is 4.90 Å². The van der Waals surface area contributed by atoms with Crippen LogP contribution in [0.25, 0.3) is 0 Å². The zero-order chi connectivity index (χ0) is 11.9. The van der Waals surface area contributed by atoms with Crippen LogP contribution in [-0.2, 0) is 9.59 Å². The molecule has 1 aromatic rings. The molecule has 0 saturated heterocycles. The van der Waals surface area contributed by atoms with Gasteiger partial charge in [0.1, 0.15) is 9.88 Å². The summed E-state index contributed by atoms with van der Waals surface area (Å²) in [4.78, 5) is 34.8. The van der Waals surface area contributed by atoms with Gasteiger partial charge < -0.3 is 5.11 Å². The van der Waals surface area contributed by atoms with E-state index in [0.717, 1.165) is 16.2 Å². The molecule has 0 aromatic carbocycles. The largest absolute Gasteiger partial charge is 0.477 e. The third kappa shape index (κ3) is 1.53. The Bertz CT molecular complexity index is 529. The van der Waals surface area contributed by atoms with Crippen molar-refractivity contribution in [2.45, 2.75) is 6.92 Å². The molecule has 2 amide bonds. The summed E-state index contributed by atoms with van der Waals surface area (Å²) < 4.78 is 0. The number of anilines is 1. The third-order valence-electron chi connectivity index (χ3n) is 2.12. The van der Waals surface area contributed by atoms with Gasteiger partial charge in [0.25, 0.3) is 11.8 Å². The van der Waals surface area contributed by atoms with Crippen molar-refractivity contribution in [3.05, 3.63) is 28.7 Å². The topological polar surface area (TPSA) is 74.7 Å². The van der Waals surface area contributed by atoms with E-state index in [4.69, 9.17) is 5.11 Å². The Labute approximate surface area is 94.6 Å². The molecule has 1 N–H and O–H groups in total. The quantitative estimate of drug-likeness (QED) is 0.786. The lowest BCUT2D eigenvalue weighted by molar-refractivity contribution is -0.120. The third-order valence-corrected chi connectivity index (χ3v) is 3.18. The van der Waals surface area contributed by atoms with Crippen LogP contribution in [0, 0.1) is 0 Å². The van der Waals surface area contributed by atoms with Crippen molar-refractivity contribution >= 4 is 34.1 Å². The van der Waals surface area contributed by atoms with Crippen LogP contribution in [0.3, 0.4) is 0 Å². The van der Waals surface area contributed by atoms with Crippen molar-refractivity contribution in [2.24, 2.45) is 0 Å². The summed E-state index contributed by atoms with van der Waals surface area (Å²) in [5.41, 5.74) is 0.357. The van der Waals surface area contributed by atoms with Gasteiger partial charge in [0.2, 0.25) is 0 Å². The highest BCUT2D eigenvalue weighted by Crippen LogP contribution is 2.29. The molecule has 5 nitrogen and oxygen atoms in total. The second-order valence-corrected chi connectivity index (χ2v) is 4.31. The first kappa shape index (κ1) is 10.6. The molecule has 0 fully saturated rings. The molecule has 0 radical (unpaired) electrons. The molecule has 1 aliphatic rings. The molecule has 0 aliphatic carbocycles. The Morgan fingerprint density at radius 1 is 1.38 bits per heavy atom. The van der Waals surface area contributed by atoms with E-state index < -0.39 is 17.8 Å². The molecule has 82 valence electrons. The van der Waals surface area contributed by atoms with Gasteiger partial charge in [-0.25, -0.2) is 9.69 Å². The van der Waals surface area contributed by atoms with E-state index in [2.05, 4.69) is 0 Å². The maximum Gasteiger partial charge on any atom is 0.345 e. The summed E-state index contributed by atoms with van der Waals surface area (Å²) in [7, 11) is 0. The summed E-state index contributed by atoms with van der Waals surface area (Å²) in [6.07, 6.45) is 1.24. The first-order valence-corrected chi connectivity index (χ1v) is 5.22. The van der Waals surface area contributed by atoms with Gasteiger partial charge in [-0.2, -0.15) is 0 Å². The molecule has 0 saturated carbocycles. The van der Waals surface area contributed by atoms with Crippen molar-refractivity contribution in [3.8, 4) is 0 Å². The number of hydrogen-bond acceptors (Lipinski definition) is 4. The number of carbonyl (C=O) groups is 3. The van der Waals surface area contributed by atoms with Gasteiger partial charge in [0, 0.05) is 11.6 Å². The zero-order valence-corrected chi connectivity index (χ0v) is 9.08. The van der Waals surface area contributed by atoms with E-state index in [9.17, 15) is 14.4 Å². The van der Waals surface area contributed by atoms with Crippen LogP contribution >= 0.6 is 11.3 Å². The van der Waals surface area contributed by atoms with Crippen molar-refractivity contribution < 1.29 is 19.5 Å². The van der Waals surface area contributed by atoms with Crippen LogP contribution in [0.1, 0.15) is 16.6 Å². The Morgan fingerprint density at radius 3 is 2.50 bits per heavy atom. The van der Waals surface area contributed by atoms with Gasteiger partial charge in [0.05, 0.1) is 0 Å². The predicted octanol–water partition coefficient (Wildman–Crippen LogP) is 1.27. The highest BCUT2D eigenvalue weighted by atomic mass is 32.1. The fraction of sp³-hybridized carbons (Fsp3) is 0.100. The standard InChI is InChI=1S/C10H7NO4S/c1-5-4-7(12)11(9(5)13)8-3-2-6(16-8)10(14)15/h2-4H,1H3,(H,14,15). The number of rotatable bonds is 2.